The minimum absolute atomic E-state index is 0. The van der Waals surface area contributed by atoms with Crippen LogP contribution in [0.1, 0.15) is 0 Å². The summed E-state index contributed by atoms with van der Waals surface area (Å²) in [6, 6.07) is 0. The van der Waals surface area contributed by atoms with Crippen molar-refractivity contribution in [1.29, 1.82) is 0 Å². The maximum atomic E-state index is 8.89. The van der Waals surface area contributed by atoms with Crippen LogP contribution in [0.25, 0.3) is 0 Å². The molecule has 2 nitrogen and oxygen atoms in total. The van der Waals surface area contributed by atoms with Crippen LogP contribution in [-0.4, -0.2) is 69.3 Å². The molecular weight excluding hydrogens is 141 g/mol. The molecule has 0 saturated carbocycles. The van der Waals surface area contributed by atoms with Gasteiger partial charge in [0.15, 0.2) is 0 Å². The fourth-order valence-electron chi connectivity index (χ4n) is 0. The molecule has 3 heteroatoms. The van der Waals surface area contributed by atoms with Gasteiger partial charge in [0, 0.05) is 0 Å². The van der Waals surface area contributed by atoms with Gasteiger partial charge in [-0.05, 0) is 0 Å². The predicted octanol–water partition coefficient (Wildman–Crippen LogP) is -0.743. The molecule has 0 aromatic heterocycles. The Hall–Kier alpha value is 1.28. The quantitative estimate of drug-likeness (QED) is 0.487. The molecule has 0 aromatic rings. The number of hydrogen-bond donors (Lipinski definition) is 1. The third-order valence-corrected chi connectivity index (χ3v) is 0. The van der Waals surface area contributed by atoms with E-state index in [1.807, 2.05) is 0 Å². The average Bonchev–Trinajstić information content (AvgIpc) is 0.811. The van der Waals surface area contributed by atoms with E-state index in [9.17, 15) is 0 Å². The molecule has 0 aliphatic heterocycles. The van der Waals surface area contributed by atoms with Gasteiger partial charge in [0.25, 0.3) is 0 Å². The summed E-state index contributed by atoms with van der Waals surface area (Å²) in [7, 11) is 0. The Bertz CT molecular complexity index is 30.6. The van der Waals surface area contributed by atoms with Crippen molar-refractivity contribution in [2.24, 2.45) is 0 Å². The van der Waals surface area contributed by atoms with Crippen molar-refractivity contribution in [1.82, 2.24) is 0 Å². The fraction of sp³-hybridized carbons (Fsp3) is 0. The zero-order valence-electron chi connectivity index (χ0n) is 2.06. The monoisotopic (exact) mass is 145 g/mol. The summed E-state index contributed by atoms with van der Waals surface area (Å²) in [5.41, 5.74) is 0. The number of rotatable bonds is 0. The second-order valence-electron chi connectivity index (χ2n) is 0.394. The average molecular weight is 146 g/mol. The summed E-state index contributed by atoms with van der Waals surface area (Å²) in [5.74, 6) is -1.08. The molecule has 5 heavy (non-hydrogen) atoms. The van der Waals surface area contributed by atoms with Crippen LogP contribution in [0.3, 0.4) is 0 Å². The second kappa shape index (κ2) is 5.28. The Labute approximate surface area is 79.4 Å². The van der Waals surface area contributed by atoms with Crippen LogP contribution in [0.4, 0.5) is 0 Å². The molecule has 0 heterocycles. The van der Waals surface area contributed by atoms with E-state index in [2.05, 4.69) is 6.92 Å². The SMILES string of the molecule is [CH2]C(=O)O.[RbH]. The van der Waals surface area contributed by atoms with Crippen LogP contribution in [0.5, 0.6) is 0 Å². The molecule has 0 bridgehead atoms. The van der Waals surface area contributed by atoms with Crippen molar-refractivity contribution >= 4 is 64.2 Å². The van der Waals surface area contributed by atoms with Crippen LogP contribution in [0.2, 0.25) is 0 Å². The molecule has 0 aliphatic carbocycles. The third-order valence-electron chi connectivity index (χ3n) is 0. The molecule has 0 aromatic carbocycles. The van der Waals surface area contributed by atoms with Gasteiger partial charge in [-0.25, -0.2) is 0 Å². The molecule has 1 radical (unpaired) electrons. The van der Waals surface area contributed by atoms with Gasteiger partial charge in [-0.15, -0.1) is 0 Å². The van der Waals surface area contributed by atoms with Crippen molar-refractivity contribution in [3.63, 3.8) is 0 Å². The first-order valence-corrected chi connectivity index (χ1v) is 0.781. The molecule has 0 spiro atoms. The first-order valence-electron chi connectivity index (χ1n) is 0.781. The van der Waals surface area contributed by atoms with E-state index in [0.717, 1.165) is 0 Å². The van der Waals surface area contributed by atoms with E-state index in [-0.39, 0.29) is 58.2 Å². The first kappa shape index (κ1) is 9.55. The van der Waals surface area contributed by atoms with E-state index in [4.69, 9.17) is 9.90 Å². The Kier molecular flexibility index (Phi) is 10.1. The van der Waals surface area contributed by atoms with Crippen LogP contribution in [-0.2, 0) is 4.79 Å². The van der Waals surface area contributed by atoms with Crippen LogP contribution in [0.15, 0.2) is 0 Å². The Morgan fingerprint density at radius 3 is 1.80 bits per heavy atom. The van der Waals surface area contributed by atoms with Gasteiger partial charge < -0.3 is 5.11 Å². The number of carboxylic acid groups (broad SMARTS) is 1. The van der Waals surface area contributed by atoms with Crippen molar-refractivity contribution in [3.8, 4) is 0 Å². The van der Waals surface area contributed by atoms with E-state index in [0.29, 0.717) is 0 Å². The van der Waals surface area contributed by atoms with Gasteiger partial charge in [-0.1, -0.05) is 0 Å². The Morgan fingerprint density at radius 1 is 1.80 bits per heavy atom. The number of carboxylic acids is 1. The van der Waals surface area contributed by atoms with Crippen LogP contribution in [0, 0.1) is 6.92 Å². The van der Waals surface area contributed by atoms with Crippen LogP contribution >= 0.6 is 0 Å². The zero-order valence-corrected chi connectivity index (χ0v) is 2.06. The van der Waals surface area contributed by atoms with Gasteiger partial charge in [0.05, 0.1) is 6.92 Å². The van der Waals surface area contributed by atoms with E-state index >= 15 is 0 Å². The van der Waals surface area contributed by atoms with Crippen LogP contribution < -0.4 is 0 Å². The van der Waals surface area contributed by atoms with Gasteiger partial charge in [0.1, 0.15) is 0 Å². The molecule has 0 amide bonds. The molecule has 0 unspecified atom stereocenters. The molecule has 1 N–H and O–H groups in total. The van der Waals surface area contributed by atoms with Gasteiger partial charge in [-0.3, -0.25) is 4.79 Å². The number of aliphatic carboxylic acids is 1. The number of carbonyl (C=O) groups is 1. The van der Waals surface area contributed by atoms with E-state index in [1.165, 1.54) is 0 Å². The van der Waals surface area contributed by atoms with E-state index < -0.39 is 5.97 Å². The molecule has 0 fully saturated rings. The summed E-state index contributed by atoms with van der Waals surface area (Å²) < 4.78 is 0. The van der Waals surface area contributed by atoms with E-state index in [1.54, 1.807) is 0 Å². The molecule has 0 aliphatic rings. The molecule has 0 rings (SSSR count). The molecular formula is C2H4O2Rb. The summed E-state index contributed by atoms with van der Waals surface area (Å²) >= 11 is 0. The third kappa shape index (κ3) is 34.8. The number of hydrogen-bond acceptors (Lipinski definition) is 1. The Morgan fingerprint density at radius 2 is 1.80 bits per heavy atom. The summed E-state index contributed by atoms with van der Waals surface area (Å²) in [4.78, 5) is 8.89. The van der Waals surface area contributed by atoms with Crippen molar-refractivity contribution in [2.45, 2.75) is 0 Å². The molecule has 0 atom stereocenters. The summed E-state index contributed by atoms with van der Waals surface area (Å²) in [5, 5.41) is 7.31. The standard InChI is InChI=1S/C2H3O2.Rb.H/c1-2(3)4;;/h1H2,(H,3,4);;. The second-order valence-corrected chi connectivity index (χ2v) is 0.394. The van der Waals surface area contributed by atoms with Crippen molar-refractivity contribution in [2.75, 3.05) is 0 Å². The minimum atomic E-state index is -1.08. The normalized spacial score (nSPS) is 5.00. The fourth-order valence-corrected chi connectivity index (χ4v) is 0. The van der Waals surface area contributed by atoms with Gasteiger partial charge >= 0.3 is 64.2 Å². The Balaban J connectivity index is 0. The maximum absolute atomic E-state index is 8.89. The summed E-state index contributed by atoms with van der Waals surface area (Å²) in [6.07, 6.45) is 0. The van der Waals surface area contributed by atoms with Crippen molar-refractivity contribution in [3.05, 3.63) is 6.92 Å². The van der Waals surface area contributed by atoms with Gasteiger partial charge in [0.2, 0.25) is 0 Å². The summed E-state index contributed by atoms with van der Waals surface area (Å²) in [6.45, 7) is 2.56. The molecule has 25 valence electrons. The first-order chi connectivity index (χ1) is 1.73. The predicted molar refractivity (Wildman–Crippen MR) is 20.1 cm³/mol. The van der Waals surface area contributed by atoms with Gasteiger partial charge in [-0.2, -0.15) is 0 Å². The molecule has 0 saturated heterocycles. The zero-order chi connectivity index (χ0) is 3.58. The van der Waals surface area contributed by atoms with Crippen molar-refractivity contribution < 1.29 is 9.90 Å². The topological polar surface area (TPSA) is 37.3 Å².